The minimum atomic E-state index is 0. The number of aromatic nitrogens is 2. The second-order valence-electron chi connectivity index (χ2n) is 6.25. The smallest absolute Gasteiger partial charge is 0.191 e. The number of imidazole rings is 1. The Hall–Kier alpha value is -1.57. The molecule has 0 amide bonds. The van der Waals surface area contributed by atoms with Crippen LogP contribution in [-0.4, -0.2) is 28.6 Å². The largest absolute Gasteiger partial charge is 0.357 e. The van der Waals surface area contributed by atoms with E-state index < -0.39 is 0 Å². The van der Waals surface area contributed by atoms with Gasteiger partial charge in [0.1, 0.15) is 12.4 Å². The van der Waals surface area contributed by atoms with Gasteiger partial charge in [0.05, 0.1) is 0 Å². The lowest BCUT2D eigenvalue weighted by Crippen LogP contribution is -2.38. The van der Waals surface area contributed by atoms with Gasteiger partial charge in [0, 0.05) is 32.0 Å². The highest BCUT2D eigenvalue weighted by molar-refractivity contribution is 14.0. The molecule has 138 valence electrons. The van der Waals surface area contributed by atoms with Crippen LogP contribution in [0.25, 0.3) is 0 Å². The molecule has 6 heteroatoms. The van der Waals surface area contributed by atoms with Gasteiger partial charge in [-0.1, -0.05) is 44.2 Å². The molecule has 25 heavy (non-hydrogen) atoms. The minimum absolute atomic E-state index is 0. The SMILES string of the molecule is CCNC(=NCc1nccn1CC(C)C)NCCc1ccccc1.I. The van der Waals surface area contributed by atoms with Crippen molar-refractivity contribution in [3.8, 4) is 0 Å². The molecule has 0 spiro atoms. The molecule has 0 saturated heterocycles. The van der Waals surface area contributed by atoms with E-state index in [1.165, 1.54) is 5.56 Å². The molecule has 0 aliphatic rings. The first-order valence-corrected chi connectivity index (χ1v) is 8.75. The van der Waals surface area contributed by atoms with Crippen LogP contribution in [0.4, 0.5) is 0 Å². The molecule has 0 unspecified atom stereocenters. The highest BCUT2D eigenvalue weighted by Crippen LogP contribution is 2.05. The second-order valence-corrected chi connectivity index (χ2v) is 6.25. The average molecular weight is 455 g/mol. The van der Waals surface area contributed by atoms with Gasteiger partial charge in [0.2, 0.25) is 0 Å². The van der Waals surface area contributed by atoms with Gasteiger partial charge >= 0.3 is 0 Å². The minimum Gasteiger partial charge on any atom is -0.357 e. The monoisotopic (exact) mass is 455 g/mol. The summed E-state index contributed by atoms with van der Waals surface area (Å²) in [6.07, 6.45) is 4.86. The maximum atomic E-state index is 4.67. The molecule has 0 atom stereocenters. The second kappa shape index (κ2) is 11.9. The Labute approximate surface area is 168 Å². The number of guanidine groups is 1. The Bertz CT molecular complexity index is 622. The lowest BCUT2D eigenvalue weighted by atomic mass is 10.1. The van der Waals surface area contributed by atoms with Crippen molar-refractivity contribution in [1.29, 1.82) is 0 Å². The van der Waals surface area contributed by atoms with Gasteiger partial charge in [-0.25, -0.2) is 9.98 Å². The summed E-state index contributed by atoms with van der Waals surface area (Å²) in [6.45, 7) is 9.76. The average Bonchev–Trinajstić information content (AvgIpc) is 3.00. The van der Waals surface area contributed by atoms with Crippen molar-refractivity contribution in [2.75, 3.05) is 13.1 Å². The topological polar surface area (TPSA) is 54.2 Å². The van der Waals surface area contributed by atoms with Gasteiger partial charge in [-0.05, 0) is 24.8 Å². The van der Waals surface area contributed by atoms with Crippen molar-refractivity contribution in [3.63, 3.8) is 0 Å². The Morgan fingerprint density at radius 3 is 2.64 bits per heavy atom. The summed E-state index contributed by atoms with van der Waals surface area (Å²) >= 11 is 0. The van der Waals surface area contributed by atoms with E-state index in [4.69, 9.17) is 0 Å². The Morgan fingerprint density at radius 1 is 1.20 bits per heavy atom. The number of rotatable bonds is 8. The van der Waals surface area contributed by atoms with Crippen LogP contribution in [-0.2, 0) is 19.5 Å². The van der Waals surface area contributed by atoms with Crippen LogP contribution in [0.2, 0.25) is 0 Å². The van der Waals surface area contributed by atoms with E-state index in [2.05, 4.69) is 70.2 Å². The summed E-state index contributed by atoms with van der Waals surface area (Å²) in [5.41, 5.74) is 1.33. The third kappa shape index (κ3) is 7.90. The molecule has 0 fully saturated rings. The van der Waals surface area contributed by atoms with Gasteiger partial charge in [-0.3, -0.25) is 0 Å². The van der Waals surface area contributed by atoms with Crippen molar-refractivity contribution in [3.05, 3.63) is 54.1 Å². The predicted octanol–water partition coefficient (Wildman–Crippen LogP) is 3.45. The summed E-state index contributed by atoms with van der Waals surface area (Å²) in [5, 5.41) is 6.69. The van der Waals surface area contributed by atoms with E-state index in [9.17, 15) is 0 Å². The van der Waals surface area contributed by atoms with E-state index in [0.29, 0.717) is 12.5 Å². The van der Waals surface area contributed by atoms with Crippen molar-refractivity contribution < 1.29 is 0 Å². The van der Waals surface area contributed by atoms with Gasteiger partial charge < -0.3 is 15.2 Å². The maximum Gasteiger partial charge on any atom is 0.191 e. The first kappa shape index (κ1) is 21.5. The summed E-state index contributed by atoms with van der Waals surface area (Å²) in [7, 11) is 0. The zero-order valence-electron chi connectivity index (χ0n) is 15.4. The summed E-state index contributed by atoms with van der Waals surface area (Å²) in [6, 6.07) is 10.5. The molecule has 0 aliphatic carbocycles. The van der Waals surface area contributed by atoms with E-state index in [1.54, 1.807) is 0 Å². The van der Waals surface area contributed by atoms with E-state index >= 15 is 0 Å². The molecule has 5 nitrogen and oxygen atoms in total. The quantitative estimate of drug-likeness (QED) is 0.364. The molecule has 0 aliphatic heterocycles. The van der Waals surface area contributed by atoms with Crippen molar-refractivity contribution in [1.82, 2.24) is 20.2 Å². The molecule has 0 saturated carbocycles. The van der Waals surface area contributed by atoms with Crippen molar-refractivity contribution in [2.24, 2.45) is 10.9 Å². The predicted molar refractivity (Wildman–Crippen MR) is 115 cm³/mol. The Morgan fingerprint density at radius 2 is 1.96 bits per heavy atom. The van der Waals surface area contributed by atoms with Crippen molar-refractivity contribution >= 4 is 29.9 Å². The van der Waals surface area contributed by atoms with E-state index in [0.717, 1.165) is 37.8 Å². The molecule has 2 N–H and O–H groups in total. The molecule has 1 heterocycles. The maximum absolute atomic E-state index is 4.67. The summed E-state index contributed by atoms with van der Waals surface area (Å²) < 4.78 is 2.18. The van der Waals surface area contributed by atoms with Gasteiger partial charge in [0.25, 0.3) is 0 Å². The third-order valence-electron chi connectivity index (χ3n) is 3.64. The van der Waals surface area contributed by atoms with Crippen LogP contribution in [0, 0.1) is 5.92 Å². The van der Waals surface area contributed by atoms with Crippen LogP contribution in [0.3, 0.4) is 0 Å². The molecule has 0 bridgehead atoms. The first-order chi connectivity index (χ1) is 11.7. The molecule has 2 aromatic rings. The zero-order valence-corrected chi connectivity index (χ0v) is 17.7. The van der Waals surface area contributed by atoms with Gasteiger partial charge in [-0.2, -0.15) is 0 Å². The highest BCUT2D eigenvalue weighted by Gasteiger charge is 2.05. The molecule has 1 aromatic heterocycles. The number of aliphatic imine (C=N–C) groups is 1. The number of halogens is 1. The number of benzene rings is 1. The van der Waals surface area contributed by atoms with Crippen LogP contribution in [0.1, 0.15) is 32.2 Å². The summed E-state index contributed by atoms with van der Waals surface area (Å²) in [4.78, 5) is 9.10. The standard InChI is InChI=1S/C19H29N5.HI/c1-4-20-19(22-11-10-17-8-6-5-7-9-17)23-14-18-21-12-13-24(18)15-16(2)3;/h5-9,12-13,16H,4,10-11,14-15H2,1-3H3,(H2,20,22,23);1H. The van der Waals surface area contributed by atoms with Crippen LogP contribution in [0.5, 0.6) is 0 Å². The highest BCUT2D eigenvalue weighted by atomic mass is 127. The normalized spacial score (nSPS) is 11.3. The number of hydrogen-bond acceptors (Lipinski definition) is 2. The fourth-order valence-corrected chi connectivity index (χ4v) is 2.51. The number of hydrogen-bond donors (Lipinski definition) is 2. The molecule has 2 rings (SSSR count). The Kier molecular flexibility index (Phi) is 10.2. The first-order valence-electron chi connectivity index (χ1n) is 8.75. The molecular formula is C19H30IN5. The lowest BCUT2D eigenvalue weighted by Gasteiger charge is -2.12. The van der Waals surface area contributed by atoms with Crippen LogP contribution in [0.15, 0.2) is 47.7 Å². The fraction of sp³-hybridized carbons (Fsp3) is 0.474. The van der Waals surface area contributed by atoms with E-state index in [1.807, 2.05) is 18.5 Å². The molecule has 1 aromatic carbocycles. The van der Waals surface area contributed by atoms with E-state index in [-0.39, 0.29) is 24.0 Å². The van der Waals surface area contributed by atoms with Gasteiger partial charge in [-0.15, -0.1) is 24.0 Å². The fourth-order valence-electron chi connectivity index (χ4n) is 2.51. The van der Waals surface area contributed by atoms with Crippen LogP contribution < -0.4 is 10.6 Å². The van der Waals surface area contributed by atoms with Crippen LogP contribution >= 0.6 is 24.0 Å². The Balaban J connectivity index is 0.00000312. The van der Waals surface area contributed by atoms with Crippen molar-refractivity contribution in [2.45, 2.75) is 40.3 Å². The number of nitrogens with zero attached hydrogens (tertiary/aromatic N) is 3. The summed E-state index contributed by atoms with van der Waals surface area (Å²) in [5.74, 6) is 2.44. The van der Waals surface area contributed by atoms with Gasteiger partial charge in [0.15, 0.2) is 5.96 Å². The number of nitrogens with one attached hydrogen (secondary N) is 2. The zero-order chi connectivity index (χ0) is 17.2. The molecule has 0 radical (unpaired) electrons. The third-order valence-corrected chi connectivity index (χ3v) is 3.64. The molecular weight excluding hydrogens is 425 g/mol. The lowest BCUT2D eigenvalue weighted by molar-refractivity contribution is 0.507.